The molecule has 0 amide bonds. The SMILES string of the molecule is CCOc1ncc(C#N)cn1. The van der Waals surface area contributed by atoms with Crippen LogP contribution in [0, 0.1) is 11.3 Å². The Morgan fingerprint density at radius 2 is 2.18 bits per heavy atom. The first-order valence-electron chi connectivity index (χ1n) is 3.21. The van der Waals surface area contributed by atoms with E-state index in [0.29, 0.717) is 18.2 Å². The van der Waals surface area contributed by atoms with Crippen molar-refractivity contribution in [1.82, 2.24) is 9.97 Å². The molecule has 0 unspecified atom stereocenters. The summed E-state index contributed by atoms with van der Waals surface area (Å²) in [5.74, 6) is 0. The summed E-state index contributed by atoms with van der Waals surface area (Å²) in [4.78, 5) is 7.57. The molecule has 0 aliphatic heterocycles. The van der Waals surface area contributed by atoms with Crippen LogP contribution in [0.4, 0.5) is 0 Å². The van der Waals surface area contributed by atoms with Gasteiger partial charge in [0.05, 0.1) is 24.6 Å². The van der Waals surface area contributed by atoms with E-state index in [4.69, 9.17) is 10.00 Å². The van der Waals surface area contributed by atoms with Gasteiger partial charge in [-0.2, -0.15) is 5.26 Å². The Morgan fingerprint density at radius 1 is 1.55 bits per heavy atom. The number of nitriles is 1. The molecule has 0 atom stereocenters. The van der Waals surface area contributed by atoms with Crippen LogP contribution in [0.25, 0.3) is 0 Å². The van der Waals surface area contributed by atoms with Gasteiger partial charge in [-0.15, -0.1) is 0 Å². The summed E-state index contributed by atoms with van der Waals surface area (Å²) in [7, 11) is 0. The predicted octanol–water partition coefficient (Wildman–Crippen LogP) is 0.747. The molecular formula is C7H7N3O. The molecule has 1 heterocycles. The summed E-state index contributed by atoms with van der Waals surface area (Å²) in [5.41, 5.74) is 0.438. The summed E-state index contributed by atoms with van der Waals surface area (Å²) >= 11 is 0. The molecule has 0 saturated carbocycles. The fraction of sp³-hybridized carbons (Fsp3) is 0.286. The maximum Gasteiger partial charge on any atom is 0.316 e. The minimum atomic E-state index is 0.312. The van der Waals surface area contributed by atoms with Crippen LogP contribution in [0.1, 0.15) is 12.5 Å². The summed E-state index contributed by atoms with van der Waals surface area (Å²) in [5, 5.41) is 8.39. The van der Waals surface area contributed by atoms with Gasteiger partial charge in [0.15, 0.2) is 0 Å². The molecule has 4 nitrogen and oxygen atoms in total. The molecule has 1 aromatic rings. The predicted molar refractivity (Wildman–Crippen MR) is 37.9 cm³/mol. The molecule has 0 N–H and O–H groups in total. The number of hydrogen-bond acceptors (Lipinski definition) is 4. The van der Waals surface area contributed by atoms with Crippen molar-refractivity contribution >= 4 is 0 Å². The standard InChI is InChI=1S/C7H7N3O/c1-2-11-7-9-4-6(3-8)5-10-7/h4-5H,2H2,1H3. The zero-order chi connectivity index (χ0) is 8.10. The summed E-state index contributed by atoms with van der Waals surface area (Å²) in [6.45, 7) is 2.38. The second kappa shape index (κ2) is 3.52. The third-order valence-electron chi connectivity index (χ3n) is 1.03. The van der Waals surface area contributed by atoms with Crippen LogP contribution in [0.15, 0.2) is 12.4 Å². The first kappa shape index (κ1) is 7.48. The molecule has 1 rings (SSSR count). The number of nitrogens with zero attached hydrogens (tertiary/aromatic N) is 3. The van der Waals surface area contributed by atoms with Gasteiger partial charge in [0.1, 0.15) is 6.07 Å². The Bertz CT molecular complexity index is 262. The van der Waals surface area contributed by atoms with Crippen LogP contribution in [-0.2, 0) is 0 Å². The topological polar surface area (TPSA) is 58.8 Å². The third kappa shape index (κ3) is 1.90. The lowest BCUT2D eigenvalue weighted by Gasteiger charge is -1.97. The molecule has 11 heavy (non-hydrogen) atoms. The second-order valence-corrected chi connectivity index (χ2v) is 1.80. The first-order valence-corrected chi connectivity index (χ1v) is 3.21. The van der Waals surface area contributed by atoms with Crippen molar-refractivity contribution < 1.29 is 4.74 Å². The van der Waals surface area contributed by atoms with E-state index in [0.717, 1.165) is 0 Å². The van der Waals surface area contributed by atoms with E-state index in [9.17, 15) is 0 Å². The van der Waals surface area contributed by atoms with Gasteiger partial charge in [0.25, 0.3) is 0 Å². The van der Waals surface area contributed by atoms with Gasteiger partial charge in [-0.3, -0.25) is 0 Å². The summed E-state index contributed by atoms with van der Waals surface area (Å²) in [6.07, 6.45) is 2.86. The van der Waals surface area contributed by atoms with E-state index in [-0.39, 0.29) is 0 Å². The van der Waals surface area contributed by atoms with Crippen molar-refractivity contribution in [3.63, 3.8) is 0 Å². The zero-order valence-electron chi connectivity index (χ0n) is 6.11. The van der Waals surface area contributed by atoms with Crippen molar-refractivity contribution in [2.75, 3.05) is 6.61 Å². The zero-order valence-corrected chi connectivity index (χ0v) is 6.11. The molecule has 0 radical (unpaired) electrons. The molecule has 0 aromatic carbocycles. The van der Waals surface area contributed by atoms with Crippen LogP contribution in [0.5, 0.6) is 6.01 Å². The maximum absolute atomic E-state index is 8.39. The van der Waals surface area contributed by atoms with Gasteiger partial charge in [-0.05, 0) is 6.92 Å². The van der Waals surface area contributed by atoms with Crippen LogP contribution in [-0.4, -0.2) is 16.6 Å². The number of ether oxygens (including phenoxy) is 1. The lowest BCUT2D eigenvalue weighted by molar-refractivity contribution is 0.312. The second-order valence-electron chi connectivity index (χ2n) is 1.80. The van der Waals surface area contributed by atoms with Gasteiger partial charge in [-0.1, -0.05) is 0 Å². The highest BCUT2D eigenvalue weighted by Gasteiger charge is 1.94. The van der Waals surface area contributed by atoms with Crippen LogP contribution < -0.4 is 4.74 Å². The first-order chi connectivity index (χ1) is 5.36. The highest BCUT2D eigenvalue weighted by molar-refractivity contribution is 5.22. The fourth-order valence-electron chi connectivity index (χ4n) is 0.578. The number of rotatable bonds is 2. The Hall–Kier alpha value is -1.63. The normalized spacial score (nSPS) is 8.73. The van der Waals surface area contributed by atoms with Gasteiger partial charge in [-0.25, -0.2) is 9.97 Å². The van der Waals surface area contributed by atoms with Crippen molar-refractivity contribution in [2.24, 2.45) is 0 Å². The Kier molecular flexibility index (Phi) is 2.39. The van der Waals surface area contributed by atoms with Crippen molar-refractivity contribution in [1.29, 1.82) is 5.26 Å². The lowest BCUT2D eigenvalue weighted by Crippen LogP contribution is -1.96. The molecule has 4 heteroatoms. The lowest BCUT2D eigenvalue weighted by atomic mass is 10.4. The van der Waals surface area contributed by atoms with E-state index in [1.54, 1.807) is 0 Å². The smallest absolute Gasteiger partial charge is 0.316 e. The number of aromatic nitrogens is 2. The Balaban J connectivity index is 2.76. The highest BCUT2D eigenvalue weighted by Crippen LogP contribution is 2.00. The van der Waals surface area contributed by atoms with Crippen molar-refractivity contribution in [3.05, 3.63) is 18.0 Å². The van der Waals surface area contributed by atoms with Gasteiger partial charge in [0.2, 0.25) is 0 Å². The quantitative estimate of drug-likeness (QED) is 0.622. The van der Waals surface area contributed by atoms with Crippen molar-refractivity contribution in [2.45, 2.75) is 6.92 Å². The monoisotopic (exact) mass is 149 g/mol. The van der Waals surface area contributed by atoms with E-state index in [1.165, 1.54) is 12.4 Å². The van der Waals surface area contributed by atoms with Crippen LogP contribution in [0.2, 0.25) is 0 Å². The van der Waals surface area contributed by atoms with Gasteiger partial charge < -0.3 is 4.74 Å². The molecule has 0 fully saturated rings. The van der Waals surface area contributed by atoms with Crippen LogP contribution >= 0.6 is 0 Å². The molecule has 0 bridgehead atoms. The fourth-order valence-corrected chi connectivity index (χ4v) is 0.578. The molecule has 0 aliphatic carbocycles. The molecule has 56 valence electrons. The van der Waals surface area contributed by atoms with E-state index < -0.39 is 0 Å². The largest absolute Gasteiger partial charge is 0.464 e. The Morgan fingerprint density at radius 3 is 2.64 bits per heavy atom. The average molecular weight is 149 g/mol. The molecular weight excluding hydrogens is 142 g/mol. The highest BCUT2D eigenvalue weighted by atomic mass is 16.5. The van der Waals surface area contributed by atoms with Gasteiger partial charge >= 0.3 is 6.01 Å². The maximum atomic E-state index is 8.39. The van der Waals surface area contributed by atoms with Crippen LogP contribution in [0.3, 0.4) is 0 Å². The average Bonchev–Trinajstić information content (AvgIpc) is 2.07. The van der Waals surface area contributed by atoms with E-state index in [2.05, 4.69) is 9.97 Å². The Labute approximate surface area is 64.5 Å². The summed E-state index contributed by atoms with van der Waals surface area (Å²) in [6, 6.07) is 2.23. The van der Waals surface area contributed by atoms with Gasteiger partial charge in [0, 0.05) is 0 Å². The molecule has 0 spiro atoms. The molecule has 0 aliphatic rings. The summed E-state index contributed by atoms with van der Waals surface area (Å²) < 4.78 is 4.97. The van der Waals surface area contributed by atoms with E-state index in [1.807, 2.05) is 13.0 Å². The van der Waals surface area contributed by atoms with E-state index >= 15 is 0 Å². The minimum Gasteiger partial charge on any atom is -0.464 e. The molecule has 1 aromatic heterocycles. The number of hydrogen-bond donors (Lipinski definition) is 0. The van der Waals surface area contributed by atoms with Crippen molar-refractivity contribution in [3.8, 4) is 12.1 Å². The third-order valence-corrected chi connectivity index (χ3v) is 1.03. The minimum absolute atomic E-state index is 0.312. The molecule has 0 saturated heterocycles.